The summed E-state index contributed by atoms with van der Waals surface area (Å²) in [4.78, 5) is 0. The zero-order chi connectivity index (χ0) is 12.7. The maximum Gasteiger partial charge on any atom is 0.0445 e. The molecule has 4 N–H and O–H groups in total. The summed E-state index contributed by atoms with van der Waals surface area (Å²) < 4.78 is 0. The summed E-state index contributed by atoms with van der Waals surface area (Å²) >= 11 is 0. The molecule has 0 aliphatic rings. The van der Waals surface area contributed by atoms with Crippen LogP contribution in [0.2, 0.25) is 0 Å². The van der Waals surface area contributed by atoms with Crippen LogP contribution in [0.4, 0.5) is 0 Å². The minimum Gasteiger partial charge on any atom is -0.396 e. The Morgan fingerprint density at radius 3 is 2.53 bits per heavy atom. The molecule has 0 amide bonds. The number of hydrogen-bond donors (Lipinski definition) is 3. The predicted molar refractivity (Wildman–Crippen MR) is 71.9 cm³/mol. The van der Waals surface area contributed by atoms with Gasteiger partial charge in [0.2, 0.25) is 0 Å². The van der Waals surface area contributed by atoms with Gasteiger partial charge in [-0.05, 0) is 32.3 Å². The summed E-state index contributed by atoms with van der Waals surface area (Å²) in [6.45, 7) is 5.00. The molecule has 0 aliphatic carbocycles. The van der Waals surface area contributed by atoms with Gasteiger partial charge in [0.15, 0.2) is 0 Å². The summed E-state index contributed by atoms with van der Waals surface area (Å²) in [6, 6.07) is 10.6. The van der Waals surface area contributed by atoms with E-state index < -0.39 is 0 Å². The highest BCUT2D eigenvalue weighted by atomic mass is 16.3. The first kappa shape index (κ1) is 14.2. The van der Waals surface area contributed by atoms with E-state index in [0.717, 1.165) is 12.8 Å². The molecule has 2 atom stereocenters. The van der Waals surface area contributed by atoms with Crippen molar-refractivity contribution in [3.63, 3.8) is 0 Å². The van der Waals surface area contributed by atoms with E-state index in [0.29, 0.717) is 6.54 Å². The minimum atomic E-state index is -0.115. The van der Waals surface area contributed by atoms with Crippen LogP contribution in [-0.2, 0) is 6.42 Å². The standard InChI is InChI=1S/C14H24N2O/c1-12(8-9-17)16-14(2,11-15)10-13-6-4-3-5-7-13/h3-7,12,16-17H,8-11,15H2,1-2H3. The molecule has 0 spiro atoms. The van der Waals surface area contributed by atoms with Crippen LogP contribution in [0.3, 0.4) is 0 Å². The van der Waals surface area contributed by atoms with E-state index >= 15 is 0 Å². The van der Waals surface area contributed by atoms with Crippen molar-refractivity contribution >= 4 is 0 Å². The van der Waals surface area contributed by atoms with Crippen molar-refractivity contribution in [2.24, 2.45) is 5.73 Å². The lowest BCUT2D eigenvalue weighted by molar-refractivity contribution is 0.243. The molecule has 1 aromatic rings. The Labute approximate surface area is 104 Å². The van der Waals surface area contributed by atoms with Gasteiger partial charge < -0.3 is 16.2 Å². The van der Waals surface area contributed by atoms with Crippen molar-refractivity contribution in [3.05, 3.63) is 35.9 Å². The van der Waals surface area contributed by atoms with E-state index in [9.17, 15) is 0 Å². The maximum atomic E-state index is 8.92. The summed E-state index contributed by atoms with van der Waals surface area (Å²) in [5, 5.41) is 12.4. The summed E-state index contributed by atoms with van der Waals surface area (Å²) in [6.07, 6.45) is 1.66. The molecule has 0 saturated heterocycles. The fourth-order valence-electron chi connectivity index (χ4n) is 2.09. The van der Waals surface area contributed by atoms with Gasteiger partial charge in [0.05, 0.1) is 0 Å². The van der Waals surface area contributed by atoms with E-state index in [-0.39, 0.29) is 18.2 Å². The molecule has 0 fully saturated rings. The van der Waals surface area contributed by atoms with Crippen LogP contribution in [0.1, 0.15) is 25.8 Å². The molecule has 3 nitrogen and oxygen atoms in total. The van der Waals surface area contributed by atoms with Crippen LogP contribution in [0.15, 0.2) is 30.3 Å². The van der Waals surface area contributed by atoms with E-state index in [2.05, 4.69) is 31.3 Å². The number of hydrogen-bond acceptors (Lipinski definition) is 3. The third-order valence-corrected chi connectivity index (χ3v) is 3.04. The van der Waals surface area contributed by atoms with Gasteiger partial charge in [0, 0.05) is 24.7 Å². The fraction of sp³-hybridized carbons (Fsp3) is 0.571. The van der Waals surface area contributed by atoms with Gasteiger partial charge in [0.25, 0.3) is 0 Å². The molecule has 96 valence electrons. The lowest BCUT2D eigenvalue weighted by Crippen LogP contribution is -2.54. The topological polar surface area (TPSA) is 58.3 Å². The number of rotatable bonds is 7. The van der Waals surface area contributed by atoms with Crippen molar-refractivity contribution in [1.29, 1.82) is 0 Å². The van der Waals surface area contributed by atoms with Crippen molar-refractivity contribution in [3.8, 4) is 0 Å². The normalized spacial score (nSPS) is 16.5. The highest BCUT2D eigenvalue weighted by Crippen LogP contribution is 2.13. The highest BCUT2D eigenvalue weighted by molar-refractivity contribution is 5.17. The van der Waals surface area contributed by atoms with E-state index in [1.54, 1.807) is 0 Å². The average molecular weight is 236 g/mol. The molecule has 2 unspecified atom stereocenters. The first-order valence-corrected chi connectivity index (χ1v) is 6.22. The first-order valence-electron chi connectivity index (χ1n) is 6.22. The summed E-state index contributed by atoms with van der Waals surface area (Å²) in [7, 11) is 0. The predicted octanol–water partition coefficient (Wildman–Crippen LogP) is 1.31. The molecular formula is C14H24N2O. The second-order valence-corrected chi connectivity index (χ2v) is 4.98. The van der Waals surface area contributed by atoms with Gasteiger partial charge in [-0.1, -0.05) is 30.3 Å². The van der Waals surface area contributed by atoms with Crippen molar-refractivity contribution < 1.29 is 5.11 Å². The van der Waals surface area contributed by atoms with Gasteiger partial charge in [-0.2, -0.15) is 0 Å². The molecule has 1 rings (SSSR count). The smallest absolute Gasteiger partial charge is 0.0445 e. The van der Waals surface area contributed by atoms with Crippen molar-refractivity contribution in [2.75, 3.05) is 13.2 Å². The van der Waals surface area contributed by atoms with Gasteiger partial charge in [0.1, 0.15) is 0 Å². The Morgan fingerprint density at radius 2 is 2.00 bits per heavy atom. The second kappa shape index (κ2) is 6.74. The van der Waals surface area contributed by atoms with Crippen LogP contribution in [0, 0.1) is 0 Å². The zero-order valence-corrected chi connectivity index (χ0v) is 10.8. The quantitative estimate of drug-likeness (QED) is 0.669. The van der Waals surface area contributed by atoms with Gasteiger partial charge in [-0.25, -0.2) is 0 Å². The first-order chi connectivity index (χ1) is 8.09. The number of aliphatic hydroxyl groups is 1. The number of nitrogens with two attached hydrogens (primary N) is 1. The minimum absolute atomic E-state index is 0.115. The highest BCUT2D eigenvalue weighted by Gasteiger charge is 2.24. The van der Waals surface area contributed by atoms with Gasteiger partial charge in [-0.3, -0.25) is 0 Å². The SMILES string of the molecule is CC(CCO)NC(C)(CN)Cc1ccccc1. The average Bonchev–Trinajstić information content (AvgIpc) is 2.30. The lowest BCUT2D eigenvalue weighted by atomic mass is 9.91. The Hall–Kier alpha value is -0.900. The fourth-order valence-corrected chi connectivity index (χ4v) is 2.09. The Balaban J connectivity index is 2.62. The van der Waals surface area contributed by atoms with E-state index in [1.807, 2.05) is 18.2 Å². The molecule has 17 heavy (non-hydrogen) atoms. The maximum absolute atomic E-state index is 8.92. The monoisotopic (exact) mass is 236 g/mol. The van der Waals surface area contributed by atoms with Crippen LogP contribution < -0.4 is 11.1 Å². The van der Waals surface area contributed by atoms with Crippen LogP contribution in [0.5, 0.6) is 0 Å². The molecule has 3 heteroatoms. The number of aliphatic hydroxyl groups excluding tert-OH is 1. The summed E-state index contributed by atoms with van der Waals surface area (Å²) in [5.41, 5.74) is 7.04. The zero-order valence-electron chi connectivity index (χ0n) is 10.8. The molecule has 0 saturated carbocycles. The van der Waals surface area contributed by atoms with Crippen molar-refractivity contribution in [2.45, 2.75) is 38.3 Å². The molecule has 0 heterocycles. The van der Waals surface area contributed by atoms with E-state index in [4.69, 9.17) is 10.8 Å². The molecule has 1 aromatic carbocycles. The summed E-state index contributed by atoms with van der Waals surface area (Å²) in [5.74, 6) is 0. The lowest BCUT2D eigenvalue weighted by Gasteiger charge is -2.33. The van der Waals surface area contributed by atoms with Crippen LogP contribution in [-0.4, -0.2) is 29.8 Å². The second-order valence-electron chi connectivity index (χ2n) is 4.98. The molecule has 0 radical (unpaired) electrons. The van der Waals surface area contributed by atoms with E-state index in [1.165, 1.54) is 5.56 Å². The third-order valence-electron chi connectivity index (χ3n) is 3.04. The Bertz CT molecular complexity index is 315. The Kier molecular flexibility index (Phi) is 5.62. The largest absolute Gasteiger partial charge is 0.396 e. The molecule has 0 bridgehead atoms. The Morgan fingerprint density at radius 1 is 1.35 bits per heavy atom. The molecule has 0 aromatic heterocycles. The molecule has 0 aliphatic heterocycles. The third kappa shape index (κ3) is 4.86. The van der Waals surface area contributed by atoms with Gasteiger partial charge in [-0.15, -0.1) is 0 Å². The molecular weight excluding hydrogens is 212 g/mol. The van der Waals surface area contributed by atoms with Crippen LogP contribution in [0.25, 0.3) is 0 Å². The van der Waals surface area contributed by atoms with Gasteiger partial charge >= 0.3 is 0 Å². The number of benzene rings is 1. The van der Waals surface area contributed by atoms with Crippen molar-refractivity contribution in [1.82, 2.24) is 5.32 Å². The number of nitrogens with one attached hydrogen (secondary N) is 1. The van der Waals surface area contributed by atoms with Crippen LogP contribution >= 0.6 is 0 Å².